The van der Waals surface area contributed by atoms with Crippen molar-refractivity contribution in [2.45, 2.75) is 39.2 Å². The van der Waals surface area contributed by atoms with E-state index in [1.54, 1.807) is 0 Å². The van der Waals surface area contributed by atoms with Crippen LogP contribution >= 0.6 is 0 Å². The van der Waals surface area contributed by atoms with Gasteiger partial charge in [0.05, 0.1) is 6.54 Å². The van der Waals surface area contributed by atoms with Gasteiger partial charge in [0.1, 0.15) is 0 Å². The molecule has 0 aromatic heterocycles. The lowest BCUT2D eigenvalue weighted by Crippen LogP contribution is -2.51. The average molecular weight is 289 g/mol. The fraction of sp³-hybridized carbons (Fsp3) is 0.588. The summed E-state index contributed by atoms with van der Waals surface area (Å²) in [6, 6.07) is 8.21. The van der Waals surface area contributed by atoms with E-state index < -0.39 is 0 Å². The van der Waals surface area contributed by atoms with E-state index in [9.17, 15) is 4.79 Å². The first-order valence-corrected chi connectivity index (χ1v) is 7.95. The number of amides is 1. The highest BCUT2D eigenvalue weighted by Crippen LogP contribution is 2.25. The second-order valence-electron chi connectivity index (χ2n) is 5.95. The Balaban J connectivity index is 1.96. The summed E-state index contributed by atoms with van der Waals surface area (Å²) >= 11 is 0. The van der Waals surface area contributed by atoms with Gasteiger partial charge in [0.15, 0.2) is 0 Å². The summed E-state index contributed by atoms with van der Waals surface area (Å²) in [5.41, 5.74) is 7.93. The predicted octanol–water partition coefficient (Wildman–Crippen LogP) is 2.38. The summed E-state index contributed by atoms with van der Waals surface area (Å²) in [6.45, 7) is 6.26. The first kappa shape index (κ1) is 16.0. The highest BCUT2D eigenvalue weighted by molar-refractivity contribution is 5.92. The number of hydrogen-bond acceptors (Lipinski definition) is 3. The molecular formula is C17H27N3O. The second-order valence-corrected chi connectivity index (χ2v) is 5.95. The van der Waals surface area contributed by atoms with Gasteiger partial charge in [-0.25, -0.2) is 0 Å². The molecule has 1 aromatic rings. The summed E-state index contributed by atoms with van der Waals surface area (Å²) in [7, 11) is 0. The molecule has 0 radical (unpaired) electrons. The molecule has 2 rings (SSSR count). The lowest BCUT2D eigenvalue weighted by molar-refractivity contribution is -0.118. The summed E-state index contributed by atoms with van der Waals surface area (Å²) in [4.78, 5) is 14.6. The van der Waals surface area contributed by atoms with Gasteiger partial charge in [-0.2, -0.15) is 0 Å². The lowest BCUT2D eigenvalue weighted by atomic mass is 9.87. The Morgan fingerprint density at radius 1 is 1.43 bits per heavy atom. The number of rotatable bonds is 5. The van der Waals surface area contributed by atoms with E-state index in [2.05, 4.69) is 17.1 Å². The van der Waals surface area contributed by atoms with Crippen LogP contribution < -0.4 is 11.1 Å². The van der Waals surface area contributed by atoms with E-state index in [0.717, 1.165) is 30.6 Å². The van der Waals surface area contributed by atoms with Crippen LogP contribution in [-0.2, 0) is 4.79 Å². The number of likely N-dealkylation sites (tertiary alicyclic amines) is 1. The van der Waals surface area contributed by atoms with Gasteiger partial charge in [0.2, 0.25) is 5.91 Å². The van der Waals surface area contributed by atoms with E-state index in [-0.39, 0.29) is 5.91 Å². The molecule has 1 saturated heterocycles. The Hall–Kier alpha value is -1.39. The lowest BCUT2D eigenvalue weighted by Gasteiger charge is -2.40. The first-order chi connectivity index (χ1) is 10.2. The van der Waals surface area contributed by atoms with Crippen LogP contribution in [0.5, 0.6) is 0 Å². The predicted molar refractivity (Wildman–Crippen MR) is 87.2 cm³/mol. The monoisotopic (exact) mass is 289 g/mol. The molecule has 0 bridgehead atoms. The molecule has 1 fully saturated rings. The Morgan fingerprint density at radius 2 is 2.19 bits per heavy atom. The first-order valence-electron chi connectivity index (χ1n) is 7.95. The van der Waals surface area contributed by atoms with Crippen LogP contribution in [0.15, 0.2) is 24.3 Å². The van der Waals surface area contributed by atoms with Crippen molar-refractivity contribution in [3.05, 3.63) is 29.8 Å². The number of nitrogens with one attached hydrogen (secondary N) is 1. The third-order valence-electron chi connectivity index (χ3n) is 4.57. The van der Waals surface area contributed by atoms with Gasteiger partial charge in [-0.1, -0.05) is 31.5 Å². The molecule has 116 valence electrons. The molecule has 2 atom stereocenters. The van der Waals surface area contributed by atoms with Crippen molar-refractivity contribution in [1.82, 2.24) is 4.90 Å². The van der Waals surface area contributed by atoms with Gasteiger partial charge in [-0.15, -0.1) is 0 Å². The van der Waals surface area contributed by atoms with Crippen LogP contribution in [0.3, 0.4) is 0 Å². The number of benzene rings is 1. The molecule has 1 aliphatic rings. The number of hydrogen-bond donors (Lipinski definition) is 2. The maximum Gasteiger partial charge on any atom is 0.238 e. The number of piperidine rings is 1. The molecule has 2 unspecified atom stereocenters. The minimum Gasteiger partial charge on any atom is -0.329 e. The zero-order valence-corrected chi connectivity index (χ0v) is 13.1. The number of para-hydroxylation sites is 1. The fourth-order valence-corrected chi connectivity index (χ4v) is 3.31. The van der Waals surface area contributed by atoms with Crippen molar-refractivity contribution in [2.24, 2.45) is 11.7 Å². The molecule has 0 spiro atoms. The van der Waals surface area contributed by atoms with Crippen molar-refractivity contribution >= 4 is 11.6 Å². The number of nitrogens with two attached hydrogens (primary N) is 1. The van der Waals surface area contributed by atoms with Crippen LogP contribution in [0.25, 0.3) is 0 Å². The number of carbonyl (C=O) groups is 1. The topological polar surface area (TPSA) is 58.4 Å². The van der Waals surface area contributed by atoms with E-state index >= 15 is 0 Å². The van der Waals surface area contributed by atoms with Crippen molar-refractivity contribution in [3.8, 4) is 0 Å². The van der Waals surface area contributed by atoms with E-state index in [1.165, 1.54) is 6.42 Å². The van der Waals surface area contributed by atoms with Crippen molar-refractivity contribution in [3.63, 3.8) is 0 Å². The summed E-state index contributed by atoms with van der Waals surface area (Å²) in [5, 5.41) is 3.01. The number of aryl methyl sites for hydroxylation is 1. The third-order valence-corrected chi connectivity index (χ3v) is 4.57. The highest BCUT2D eigenvalue weighted by atomic mass is 16.2. The normalized spacial score (nSPS) is 23.0. The standard InChI is InChI=1S/C17H27N3O/c1-3-14-8-6-10-20(16(14)11-18)12-17(21)19-15-9-5-4-7-13(15)2/h4-5,7,9,14,16H,3,6,8,10-12,18H2,1-2H3,(H,19,21). The fourth-order valence-electron chi connectivity index (χ4n) is 3.31. The zero-order chi connectivity index (χ0) is 15.2. The molecule has 21 heavy (non-hydrogen) atoms. The van der Waals surface area contributed by atoms with Gasteiger partial charge in [0.25, 0.3) is 0 Å². The number of nitrogens with zero attached hydrogens (tertiary/aromatic N) is 1. The van der Waals surface area contributed by atoms with E-state index in [4.69, 9.17) is 5.73 Å². The maximum absolute atomic E-state index is 12.3. The Morgan fingerprint density at radius 3 is 2.86 bits per heavy atom. The van der Waals surface area contributed by atoms with Crippen LogP contribution in [-0.4, -0.2) is 36.5 Å². The smallest absolute Gasteiger partial charge is 0.238 e. The minimum absolute atomic E-state index is 0.0551. The summed E-state index contributed by atoms with van der Waals surface area (Å²) in [6.07, 6.45) is 3.53. The molecule has 1 amide bonds. The maximum atomic E-state index is 12.3. The molecule has 1 heterocycles. The quantitative estimate of drug-likeness (QED) is 0.875. The Kier molecular flexibility index (Phi) is 5.76. The minimum atomic E-state index is 0.0551. The van der Waals surface area contributed by atoms with Crippen LogP contribution in [0.2, 0.25) is 0 Å². The van der Waals surface area contributed by atoms with Crippen molar-refractivity contribution in [2.75, 3.05) is 25.0 Å². The molecule has 0 aliphatic carbocycles. The largest absolute Gasteiger partial charge is 0.329 e. The van der Waals surface area contributed by atoms with Crippen molar-refractivity contribution in [1.29, 1.82) is 0 Å². The van der Waals surface area contributed by atoms with Gasteiger partial charge in [0, 0.05) is 18.3 Å². The number of carbonyl (C=O) groups excluding carboxylic acids is 1. The highest BCUT2D eigenvalue weighted by Gasteiger charge is 2.30. The second kappa shape index (κ2) is 7.57. The zero-order valence-electron chi connectivity index (χ0n) is 13.1. The Labute approximate surface area is 127 Å². The van der Waals surface area contributed by atoms with Crippen LogP contribution in [0.1, 0.15) is 31.7 Å². The number of anilines is 1. The van der Waals surface area contributed by atoms with Crippen LogP contribution in [0.4, 0.5) is 5.69 Å². The Bertz CT molecular complexity index is 475. The van der Waals surface area contributed by atoms with Crippen LogP contribution in [0, 0.1) is 12.8 Å². The molecule has 1 aromatic carbocycles. The van der Waals surface area contributed by atoms with Gasteiger partial charge in [-0.3, -0.25) is 9.69 Å². The van der Waals surface area contributed by atoms with E-state index in [1.807, 2.05) is 31.2 Å². The summed E-state index contributed by atoms with van der Waals surface area (Å²) < 4.78 is 0. The SMILES string of the molecule is CCC1CCCN(CC(=O)Nc2ccccc2C)C1CN. The molecule has 1 aliphatic heterocycles. The molecular weight excluding hydrogens is 262 g/mol. The van der Waals surface area contributed by atoms with Gasteiger partial charge < -0.3 is 11.1 Å². The van der Waals surface area contributed by atoms with Gasteiger partial charge >= 0.3 is 0 Å². The summed E-state index contributed by atoms with van der Waals surface area (Å²) in [5.74, 6) is 0.675. The molecule has 4 heteroatoms. The molecule has 3 N–H and O–H groups in total. The van der Waals surface area contributed by atoms with Gasteiger partial charge in [-0.05, 0) is 43.9 Å². The van der Waals surface area contributed by atoms with Crippen molar-refractivity contribution < 1.29 is 4.79 Å². The van der Waals surface area contributed by atoms with E-state index in [0.29, 0.717) is 25.0 Å². The molecule has 0 saturated carbocycles. The molecule has 4 nitrogen and oxygen atoms in total. The third kappa shape index (κ3) is 4.05. The average Bonchev–Trinajstić information content (AvgIpc) is 2.49.